The topological polar surface area (TPSA) is 6.48 Å². The molecule has 0 atom stereocenters. The molecule has 5 heteroatoms. The molecule has 0 aliphatic heterocycles. The van der Waals surface area contributed by atoms with E-state index in [0.717, 1.165) is 0 Å². The molecule has 0 aliphatic rings. The zero-order valence-corrected chi connectivity index (χ0v) is 17.6. The summed E-state index contributed by atoms with van der Waals surface area (Å²) in [6, 6.07) is 1.84. The average molecular weight is 493 g/mol. The van der Waals surface area contributed by atoms with E-state index in [1.165, 1.54) is 0 Å². The first-order chi connectivity index (χ1) is 8.11. The molecule has 0 fully saturated rings. The van der Waals surface area contributed by atoms with Crippen molar-refractivity contribution >= 4 is 36.6 Å². The quantitative estimate of drug-likeness (QED) is 0.494. The van der Waals surface area contributed by atoms with Crippen LogP contribution in [0.5, 0.6) is 0 Å². The van der Waals surface area contributed by atoms with Gasteiger partial charge in [-0.15, -0.1) is 0 Å². The summed E-state index contributed by atoms with van der Waals surface area (Å²) >= 11 is -2.39. The molecule has 0 spiro atoms. The van der Waals surface area contributed by atoms with E-state index in [0.29, 0.717) is 24.2 Å². The van der Waals surface area contributed by atoms with Crippen LogP contribution in [0.3, 0.4) is 0 Å². The van der Waals surface area contributed by atoms with E-state index in [1.807, 2.05) is 0 Å². The van der Waals surface area contributed by atoms with E-state index >= 15 is 0 Å². The van der Waals surface area contributed by atoms with Crippen molar-refractivity contribution in [2.75, 3.05) is 0 Å². The zero-order valence-electron chi connectivity index (χ0n) is 12.9. The number of rotatable bonds is 7. The normalized spacial score (nSPS) is 13.7. The molecule has 0 aromatic carbocycles. The molecule has 18 heavy (non-hydrogen) atoms. The van der Waals surface area contributed by atoms with E-state index in [-0.39, 0.29) is 3.82 Å². The fraction of sp³-hybridized carbons (Fsp3) is 1.00. The molecule has 0 aromatic heterocycles. The average Bonchev–Trinajstić information content (AvgIpc) is 2.13. The maximum absolute atomic E-state index is 6.49. The molecule has 0 saturated carbocycles. The second-order valence-corrected chi connectivity index (χ2v) is 16.5. The van der Waals surface area contributed by atoms with Crippen LogP contribution in [0.1, 0.15) is 55.4 Å². The van der Waals surface area contributed by atoms with Crippen LogP contribution in [-0.2, 0) is 0 Å². The molecule has 2 nitrogen and oxygen atoms in total. The van der Waals surface area contributed by atoms with Gasteiger partial charge in [0, 0.05) is 0 Å². The maximum atomic E-state index is 6.49. The molecular formula is C13H29Cl2N2Po. The van der Waals surface area contributed by atoms with Gasteiger partial charge >= 0.3 is 130 Å². The van der Waals surface area contributed by atoms with E-state index in [9.17, 15) is 0 Å². The third kappa shape index (κ3) is 5.41. The number of nitrogens with zero attached hydrogens (tertiary/aromatic N) is 2. The van der Waals surface area contributed by atoms with Crippen LogP contribution in [0.2, 0.25) is 0 Å². The van der Waals surface area contributed by atoms with Crippen molar-refractivity contribution in [3.63, 3.8) is 0 Å². The summed E-state index contributed by atoms with van der Waals surface area (Å²) in [5.41, 5.74) is 0. The Bertz CT molecular complexity index is 197. The van der Waals surface area contributed by atoms with Crippen LogP contribution in [0.15, 0.2) is 0 Å². The first kappa shape index (κ1) is 19.4. The molecule has 0 aromatic rings. The van der Waals surface area contributed by atoms with Crippen molar-refractivity contribution in [2.24, 2.45) is 0 Å². The van der Waals surface area contributed by atoms with Gasteiger partial charge in [-0.25, -0.2) is 0 Å². The minimum atomic E-state index is -2.39. The van der Waals surface area contributed by atoms with Crippen molar-refractivity contribution in [3.8, 4) is 0 Å². The van der Waals surface area contributed by atoms with Gasteiger partial charge in [0.05, 0.1) is 0 Å². The third-order valence-electron chi connectivity index (χ3n) is 3.05. The van der Waals surface area contributed by atoms with Gasteiger partial charge < -0.3 is 0 Å². The minimum absolute atomic E-state index is 0.244. The summed E-state index contributed by atoms with van der Waals surface area (Å²) in [6.07, 6.45) is 0. The van der Waals surface area contributed by atoms with Crippen molar-refractivity contribution in [3.05, 3.63) is 0 Å². The predicted molar refractivity (Wildman–Crippen MR) is 85.5 cm³/mol. The van der Waals surface area contributed by atoms with Gasteiger partial charge in [-0.2, -0.15) is 0 Å². The van der Waals surface area contributed by atoms with Gasteiger partial charge in [0.15, 0.2) is 0 Å². The summed E-state index contributed by atoms with van der Waals surface area (Å²) < 4.78 is 0.244. The van der Waals surface area contributed by atoms with Gasteiger partial charge in [-0.3, -0.25) is 0 Å². The molecule has 0 bridgehead atoms. The Hall–Kier alpha value is 1.40. The Labute approximate surface area is 129 Å². The van der Waals surface area contributed by atoms with E-state index in [2.05, 4.69) is 65.2 Å². The Kier molecular flexibility index (Phi) is 9.30. The van der Waals surface area contributed by atoms with Gasteiger partial charge in [0.2, 0.25) is 0 Å². The Morgan fingerprint density at radius 2 is 0.833 bits per heavy atom. The van der Waals surface area contributed by atoms with Crippen LogP contribution < -0.4 is 0 Å². The summed E-state index contributed by atoms with van der Waals surface area (Å²) in [7, 11) is 13.0. The number of halogens is 2. The third-order valence-corrected chi connectivity index (χ3v) is 8.98. The molecule has 0 rings (SSSR count). The Morgan fingerprint density at radius 3 is 0.944 bits per heavy atom. The number of hydrogen-bond donors (Lipinski definition) is 0. The monoisotopic (exact) mass is 492 g/mol. The van der Waals surface area contributed by atoms with Crippen LogP contribution in [0.25, 0.3) is 0 Å². The summed E-state index contributed by atoms with van der Waals surface area (Å²) in [5.74, 6) is 0. The molecule has 0 aliphatic carbocycles. The van der Waals surface area contributed by atoms with Crippen molar-refractivity contribution in [1.29, 1.82) is 0 Å². The van der Waals surface area contributed by atoms with E-state index in [1.54, 1.807) is 0 Å². The molecule has 0 saturated heterocycles. The van der Waals surface area contributed by atoms with Crippen molar-refractivity contribution < 1.29 is 0 Å². The second kappa shape index (κ2) is 8.63. The fourth-order valence-corrected chi connectivity index (χ4v) is 11.0. The summed E-state index contributed by atoms with van der Waals surface area (Å²) in [4.78, 5) is 4.96. The van der Waals surface area contributed by atoms with Crippen LogP contribution in [0.4, 0.5) is 0 Å². The molecule has 0 amide bonds. The molecule has 0 heterocycles. The zero-order chi connectivity index (χ0) is 14.6. The standard InChI is InChI=1S/C13H29N2.2ClH.Po/c1-10(2)14(11(3)4)9-15(12(5)6)13(7)8;;;/h9-13H,1-8H3;2*1H;/q;;;+2/p-2. The molecule has 0 unspecified atom stereocenters. The molecule has 1 radical (unpaired) electrons. The van der Waals surface area contributed by atoms with E-state index in [4.69, 9.17) is 16.9 Å². The van der Waals surface area contributed by atoms with Gasteiger partial charge in [0.25, 0.3) is 0 Å². The summed E-state index contributed by atoms with van der Waals surface area (Å²) in [6.45, 7) is 17.8. The van der Waals surface area contributed by atoms with Crippen LogP contribution in [-0.4, -0.2) is 57.5 Å². The van der Waals surface area contributed by atoms with Gasteiger partial charge in [-0.05, 0) is 0 Å². The van der Waals surface area contributed by atoms with Gasteiger partial charge in [0.1, 0.15) is 0 Å². The predicted octanol–water partition coefficient (Wildman–Crippen LogP) is 4.06. The van der Waals surface area contributed by atoms with Crippen molar-refractivity contribution in [1.82, 2.24) is 9.80 Å². The number of hydrogen-bond acceptors (Lipinski definition) is 2. The fourth-order valence-electron chi connectivity index (χ4n) is 2.55. The van der Waals surface area contributed by atoms with Crippen LogP contribution in [0, 0.1) is 0 Å². The Morgan fingerprint density at radius 1 is 0.611 bits per heavy atom. The molecule has 111 valence electrons. The second-order valence-electron chi connectivity index (χ2n) is 5.83. The molecule has 0 N–H and O–H groups in total. The van der Waals surface area contributed by atoms with E-state index < -0.39 is 19.7 Å². The first-order valence-corrected chi connectivity index (χ1v) is 16.4. The Balaban J connectivity index is 5.37. The van der Waals surface area contributed by atoms with Crippen molar-refractivity contribution in [2.45, 2.75) is 83.4 Å². The summed E-state index contributed by atoms with van der Waals surface area (Å²) in [5, 5.41) is 0. The SMILES string of the molecule is CC(C)N(C(C)C)[CH](N(C(C)C)C(C)C)[Po]([Cl])[Cl]. The van der Waals surface area contributed by atoms with Gasteiger partial charge in [-0.1, -0.05) is 0 Å². The molecular weight excluding hydrogens is 464 g/mol. The first-order valence-electron chi connectivity index (χ1n) is 6.71. The van der Waals surface area contributed by atoms with Crippen LogP contribution >= 0.6 is 16.9 Å².